The predicted octanol–water partition coefficient (Wildman–Crippen LogP) is 2.17. The fourth-order valence-electron chi connectivity index (χ4n) is 3.14. The lowest BCUT2D eigenvalue weighted by Crippen LogP contribution is -2.36. The molecule has 21 heavy (non-hydrogen) atoms. The number of thiazole rings is 1. The molecule has 1 aliphatic heterocycles. The molecule has 1 aromatic heterocycles. The van der Waals surface area contributed by atoms with Crippen LogP contribution in [0.25, 0.3) is 10.2 Å². The van der Waals surface area contributed by atoms with Crippen molar-refractivity contribution in [3.8, 4) is 0 Å². The summed E-state index contributed by atoms with van der Waals surface area (Å²) in [4.78, 5) is 14.4. The molecule has 1 aliphatic rings. The maximum Gasteiger partial charge on any atom is 0.307 e. The Morgan fingerprint density at radius 1 is 1.48 bits per heavy atom. The number of hydrogen-bond acceptors (Lipinski definition) is 4. The summed E-state index contributed by atoms with van der Waals surface area (Å²) in [6, 6.07) is 7.08. The number of nitrogens with one attached hydrogen (secondary N) is 1. The van der Waals surface area contributed by atoms with Crippen LogP contribution in [0.5, 0.6) is 0 Å². The van der Waals surface area contributed by atoms with Gasteiger partial charge in [-0.15, -0.1) is 0 Å². The van der Waals surface area contributed by atoms with Gasteiger partial charge in [-0.2, -0.15) is 0 Å². The van der Waals surface area contributed by atoms with Crippen LogP contribution in [0.1, 0.15) is 25.3 Å². The first kappa shape index (κ1) is 14.8. The molecule has 1 unspecified atom stereocenters. The highest BCUT2D eigenvalue weighted by Crippen LogP contribution is 2.21. The number of aryl methyl sites for hydroxylation is 1. The standard InChI is InChI=1S/C16H23N3OS/c1-3-8-19(13-6-7-17-10-13)11-12-4-5-14-15(9-12)21-16(20)18(14)2/h4-5,9,13,17H,3,6-8,10-11H2,1-2H3. The van der Waals surface area contributed by atoms with E-state index in [0.29, 0.717) is 6.04 Å². The second kappa shape index (κ2) is 6.30. The highest BCUT2D eigenvalue weighted by Gasteiger charge is 2.21. The van der Waals surface area contributed by atoms with Gasteiger partial charge in [-0.1, -0.05) is 24.3 Å². The van der Waals surface area contributed by atoms with Crippen molar-refractivity contribution >= 4 is 21.6 Å². The molecule has 0 bridgehead atoms. The van der Waals surface area contributed by atoms with Gasteiger partial charge in [-0.25, -0.2) is 0 Å². The van der Waals surface area contributed by atoms with Gasteiger partial charge in [0.15, 0.2) is 0 Å². The first-order chi connectivity index (χ1) is 10.2. The van der Waals surface area contributed by atoms with E-state index < -0.39 is 0 Å². The topological polar surface area (TPSA) is 37.3 Å². The summed E-state index contributed by atoms with van der Waals surface area (Å²) in [6.45, 7) is 6.58. The Labute approximate surface area is 129 Å². The minimum absolute atomic E-state index is 0.118. The maximum atomic E-state index is 11.7. The number of rotatable bonds is 5. The van der Waals surface area contributed by atoms with Crippen LogP contribution in [0.4, 0.5) is 0 Å². The van der Waals surface area contributed by atoms with Gasteiger partial charge in [0, 0.05) is 26.2 Å². The summed E-state index contributed by atoms with van der Waals surface area (Å²) in [5, 5.41) is 3.45. The van der Waals surface area contributed by atoms with E-state index >= 15 is 0 Å². The molecule has 0 saturated carbocycles. The van der Waals surface area contributed by atoms with Gasteiger partial charge in [0.25, 0.3) is 0 Å². The van der Waals surface area contributed by atoms with Gasteiger partial charge >= 0.3 is 4.87 Å². The Balaban J connectivity index is 1.83. The van der Waals surface area contributed by atoms with Crippen molar-refractivity contribution in [2.24, 2.45) is 7.05 Å². The van der Waals surface area contributed by atoms with Crippen molar-refractivity contribution in [1.82, 2.24) is 14.8 Å². The van der Waals surface area contributed by atoms with E-state index in [4.69, 9.17) is 0 Å². The molecule has 1 atom stereocenters. The zero-order valence-corrected chi connectivity index (χ0v) is 13.6. The van der Waals surface area contributed by atoms with E-state index in [9.17, 15) is 4.79 Å². The van der Waals surface area contributed by atoms with Gasteiger partial charge in [0.1, 0.15) is 0 Å². The monoisotopic (exact) mass is 305 g/mol. The number of hydrogen-bond donors (Lipinski definition) is 1. The van der Waals surface area contributed by atoms with Crippen LogP contribution in [-0.2, 0) is 13.6 Å². The molecule has 4 nitrogen and oxygen atoms in total. The summed E-state index contributed by atoms with van der Waals surface area (Å²) in [5.41, 5.74) is 2.35. The van der Waals surface area contributed by atoms with Crippen LogP contribution in [0.3, 0.4) is 0 Å². The number of nitrogens with zero attached hydrogens (tertiary/aromatic N) is 2. The fourth-order valence-corrected chi connectivity index (χ4v) is 4.08. The molecule has 0 spiro atoms. The quantitative estimate of drug-likeness (QED) is 0.920. The first-order valence-electron chi connectivity index (χ1n) is 7.72. The minimum Gasteiger partial charge on any atom is -0.315 e. The highest BCUT2D eigenvalue weighted by molar-refractivity contribution is 7.16. The molecule has 1 fully saturated rings. The van der Waals surface area contributed by atoms with Crippen LogP contribution in [0.15, 0.2) is 23.0 Å². The molecule has 3 rings (SSSR count). The van der Waals surface area contributed by atoms with Crippen molar-refractivity contribution in [2.45, 2.75) is 32.4 Å². The van der Waals surface area contributed by atoms with E-state index in [1.807, 2.05) is 7.05 Å². The molecule has 0 amide bonds. The molecular formula is C16H23N3OS. The predicted molar refractivity (Wildman–Crippen MR) is 89.0 cm³/mol. The normalized spacial score (nSPS) is 18.9. The van der Waals surface area contributed by atoms with Crippen LogP contribution >= 0.6 is 11.3 Å². The lowest BCUT2D eigenvalue weighted by Gasteiger charge is -2.28. The van der Waals surface area contributed by atoms with E-state index in [2.05, 4.69) is 35.3 Å². The van der Waals surface area contributed by atoms with Crippen molar-refractivity contribution in [1.29, 1.82) is 0 Å². The van der Waals surface area contributed by atoms with Gasteiger partial charge in [-0.3, -0.25) is 9.69 Å². The molecule has 0 aliphatic carbocycles. The van der Waals surface area contributed by atoms with Gasteiger partial charge in [0.2, 0.25) is 0 Å². The average molecular weight is 305 g/mol. The van der Waals surface area contributed by atoms with Gasteiger partial charge in [0.05, 0.1) is 10.2 Å². The molecule has 5 heteroatoms. The Morgan fingerprint density at radius 3 is 3.05 bits per heavy atom. The lowest BCUT2D eigenvalue weighted by atomic mass is 10.1. The summed E-state index contributed by atoms with van der Waals surface area (Å²) in [5.74, 6) is 0. The van der Waals surface area contributed by atoms with Crippen LogP contribution in [-0.4, -0.2) is 35.1 Å². The lowest BCUT2D eigenvalue weighted by molar-refractivity contribution is 0.199. The van der Waals surface area contributed by atoms with Gasteiger partial charge in [-0.05, 0) is 43.6 Å². The SMILES string of the molecule is CCCN(Cc1ccc2c(c1)sc(=O)n2C)C1CCNC1. The number of benzene rings is 1. The molecule has 2 heterocycles. The third-order valence-electron chi connectivity index (χ3n) is 4.30. The fraction of sp³-hybridized carbons (Fsp3) is 0.562. The zero-order chi connectivity index (χ0) is 14.8. The Bertz CT molecular complexity index is 670. The van der Waals surface area contributed by atoms with Crippen LogP contribution < -0.4 is 10.2 Å². The van der Waals surface area contributed by atoms with Crippen LogP contribution in [0.2, 0.25) is 0 Å². The molecular weight excluding hydrogens is 282 g/mol. The summed E-state index contributed by atoms with van der Waals surface area (Å²) in [7, 11) is 1.84. The summed E-state index contributed by atoms with van der Waals surface area (Å²) >= 11 is 1.34. The van der Waals surface area contributed by atoms with Gasteiger partial charge < -0.3 is 9.88 Å². The van der Waals surface area contributed by atoms with Crippen LogP contribution in [0, 0.1) is 0 Å². The summed E-state index contributed by atoms with van der Waals surface area (Å²) < 4.78 is 2.83. The van der Waals surface area contributed by atoms with Crippen molar-refractivity contribution in [2.75, 3.05) is 19.6 Å². The number of aromatic nitrogens is 1. The molecule has 1 aromatic carbocycles. The van der Waals surface area contributed by atoms with E-state index in [1.165, 1.54) is 29.7 Å². The second-order valence-electron chi connectivity index (χ2n) is 5.85. The first-order valence-corrected chi connectivity index (χ1v) is 8.54. The Kier molecular flexibility index (Phi) is 4.42. The van der Waals surface area contributed by atoms with E-state index in [1.54, 1.807) is 4.57 Å². The highest BCUT2D eigenvalue weighted by atomic mass is 32.1. The molecule has 2 aromatic rings. The third kappa shape index (κ3) is 3.05. The minimum atomic E-state index is 0.118. The Morgan fingerprint density at radius 2 is 2.33 bits per heavy atom. The largest absolute Gasteiger partial charge is 0.315 e. The van der Waals surface area contributed by atoms with Crippen molar-refractivity contribution in [3.05, 3.63) is 33.4 Å². The maximum absolute atomic E-state index is 11.7. The Hall–Kier alpha value is -1.17. The second-order valence-corrected chi connectivity index (χ2v) is 6.84. The third-order valence-corrected chi connectivity index (χ3v) is 5.30. The van der Waals surface area contributed by atoms with E-state index in [-0.39, 0.29) is 4.87 Å². The molecule has 1 N–H and O–H groups in total. The molecule has 114 valence electrons. The van der Waals surface area contributed by atoms with E-state index in [0.717, 1.165) is 36.4 Å². The summed E-state index contributed by atoms with van der Waals surface area (Å²) in [6.07, 6.45) is 2.42. The average Bonchev–Trinajstić information content (AvgIpc) is 3.08. The molecule has 1 saturated heterocycles. The number of fused-ring (bicyclic) bond motifs is 1. The smallest absolute Gasteiger partial charge is 0.307 e. The molecule has 0 radical (unpaired) electrons. The van der Waals surface area contributed by atoms with Crippen molar-refractivity contribution < 1.29 is 0 Å². The zero-order valence-electron chi connectivity index (χ0n) is 12.8. The van der Waals surface area contributed by atoms with Crippen molar-refractivity contribution in [3.63, 3.8) is 0 Å².